The summed E-state index contributed by atoms with van der Waals surface area (Å²) in [6, 6.07) is 1.04. The molecule has 0 spiro atoms. The van der Waals surface area contributed by atoms with Gasteiger partial charge in [0.2, 0.25) is 11.8 Å². The van der Waals surface area contributed by atoms with Crippen molar-refractivity contribution in [1.29, 1.82) is 0 Å². The molecule has 0 aliphatic carbocycles. The molecule has 3 N–H and O–H groups in total. The second kappa shape index (κ2) is 6.70. The van der Waals surface area contributed by atoms with E-state index in [1.807, 2.05) is 20.8 Å². The highest BCUT2D eigenvalue weighted by Crippen LogP contribution is 2.23. The summed E-state index contributed by atoms with van der Waals surface area (Å²) in [5, 5.41) is 4.52. The van der Waals surface area contributed by atoms with Crippen LogP contribution in [0.25, 0.3) is 0 Å². The lowest BCUT2D eigenvalue weighted by Gasteiger charge is -2.36. The first-order valence-corrected chi connectivity index (χ1v) is 8.58. The van der Waals surface area contributed by atoms with Crippen molar-refractivity contribution in [2.75, 3.05) is 6.54 Å². The Labute approximate surface area is 140 Å². The Bertz CT molecular complexity index is 618. The first-order chi connectivity index (χ1) is 10.7. The molecule has 1 aliphatic heterocycles. The molecule has 1 unspecified atom stereocenters. The molecule has 1 atom stereocenters. The normalized spacial score (nSPS) is 18.6. The van der Waals surface area contributed by atoms with Crippen molar-refractivity contribution in [2.24, 2.45) is 5.73 Å². The lowest BCUT2D eigenvalue weighted by atomic mass is 9.99. The van der Waals surface area contributed by atoms with Crippen LogP contribution >= 0.6 is 11.3 Å². The van der Waals surface area contributed by atoms with Crippen molar-refractivity contribution < 1.29 is 14.4 Å². The number of amides is 3. The van der Waals surface area contributed by atoms with Gasteiger partial charge in [-0.15, -0.1) is 11.3 Å². The summed E-state index contributed by atoms with van der Waals surface area (Å²) >= 11 is 1.18. The highest BCUT2D eigenvalue weighted by atomic mass is 32.1. The van der Waals surface area contributed by atoms with Gasteiger partial charge in [0.1, 0.15) is 6.04 Å². The maximum atomic E-state index is 12.7. The molecule has 1 aromatic rings. The summed E-state index contributed by atoms with van der Waals surface area (Å²) in [4.78, 5) is 38.5. The van der Waals surface area contributed by atoms with Gasteiger partial charge in [0.15, 0.2) is 0 Å². The van der Waals surface area contributed by atoms with Crippen LogP contribution in [0, 0.1) is 0 Å². The van der Waals surface area contributed by atoms with Crippen LogP contribution in [0.4, 0.5) is 0 Å². The van der Waals surface area contributed by atoms with Crippen molar-refractivity contribution in [3.05, 3.63) is 21.9 Å². The summed E-state index contributed by atoms with van der Waals surface area (Å²) < 4.78 is 0. The summed E-state index contributed by atoms with van der Waals surface area (Å²) in [7, 11) is 0. The molecule has 23 heavy (non-hydrogen) atoms. The molecule has 7 heteroatoms. The lowest BCUT2D eigenvalue weighted by molar-refractivity contribution is -0.128. The summed E-state index contributed by atoms with van der Waals surface area (Å²) in [5.41, 5.74) is 5.21. The van der Waals surface area contributed by atoms with E-state index >= 15 is 0 Å². The van der Waals surface area contributed by atoms with Gasteiger partial charge < -0.3 is 16.0 Å². The quantitative estimate of drug-likeness (QED) is 0.880. The van der Waals surface area contributed by atoms with Crippen molar-refractivity contribution >= 4 is 29.1 Å². The van der Waals surface area contributed by atoms with E-state index in [9.17, 15) is 14.4 Å². The van der Waals surface area contributed by atoms with Gasteiger partial charge in [0.05, 0.1) is 10.4 Å². The second-order valence-electron chi connectivity index (χ2n) is 6.81. The van der Waals surface area contributed by atoms with E-state index in [-0.39, 0.29) is 17.4 Å². The third-order valence-corrected chi connectivity index (χ3v) is 4.58. The predicted octanol–water partition coefficient (Wildman–Crippen LogP) is 1.76. The molecule has 126 valence electrons. The predicted molar refractivity (Wildman–Crippen MR) is 89.4 cm³/mol. The number of carbonyl (C=O) groups excluding carboxylic acids is 3. The lowest BCUT2D eigenvalue weighted by Crippen LogP contribution is -2.55. The largest absolute Gasteiger partial charge is 0.366 e. The molecule has 6 nitrogen and oxygen atoms in total. The van der Waals surface area contributed by atoms with Gasteiger partial charge in [-0.25, -0.2) is 0 Å². The molecule has 2 heterocycles. The molecule has 0 aromatic carbocycles. The van der Waals surface area contributed by atoms with Crippen LogP contribution in [0.2, 0.25) is 0 Å². The Morgan fingerprint density at radius 1 is 1.30 bits per heavy atom. The van der Waals surface area contributed by atoms with Crippen LogP contribution in [0.5, 0.6) is 0 Å². The van der Waals surface area contributed by atoms with Crippen LogP contribution in [-0.2, 0) is 4.79 Å². The number of nitrogens with one attached hydrogen (secondary N) is 1. The highest BCUT2D eigenvalue weighted by molar-refractivity contribution is 7.12. The summed E-state index contributed by atoms with van der Waals surface area (Å²) in [5.74, 6) is -0.894. The Morgan fingerprint density at radius 3 is 2.57 bits per heavy atom. The van der Waals surface area contributed by atoms with Crippen molar-refractivity contribution in [1.82, 2.24) is 10.2 Å². The van der Waals surface area contributed by atoms with E-state index in [0.717, 1.165) is 12.8 Å². The molecule has 0 saturated carbocycles. The zero-order chi connectivity index (χ0) is 17.2. The van der Waals surface area contributed by atoms with E-state index < -0.39 is 11.9 Å². The molecule has 0 bridgehead atoms. The number of nitrogens with two attached hydrogens (primary N) is 1. The van der Waals surface area contributed by atoms with Crippen LogP contribution in [0.1, 0.15) is 60.1 Å². The van der Waals surface area contributed by atoms with Crippen LogP contribution < -0.4 is 11.1 Å². The van der Waals surface area contributed by atoms with Gasteiger partial charge in [0.25, 0.3) is 5.91 Å². The van der Waals surface area contributed by atoms with E-state index in [2.05, 4.69) is 5.32 Å². The van der Waals surface area contributed by atoms with Crippen LogP contribution in [0.15, 0.2) is 11.4 Å². The molecular weight excluding hydrogens is 314 g/mol. The molecule has 1 fully saturated rings. The Kier molecular flexibility index (Phi) is 5.09. The number of carbonyl (C=O) groups is 3. The molecule has 3 amide bonds. The van der Waals surface area contributed by atoms with Gasteiger partial charge in [-0.3, -0.25) is 14.4 Å². The van der Waals surface area contributed by atoms with E-state index in [1.165, 1.54) is 17.4 Å². The van der Waals surface area contributed by atoms with Gasteiger partial charge in [-0.05, 0) is 46.1 Å². The Morgan fingerprint density at radius 2 is 2.00 bits per heavy atom. The Balaban J connectivity index is 2.18. The van der Waals surface area contributed by atoms with E-state index in [4.69, 9.17) is 5.73 Å². The minimum Gasteiger partial charge on any atom is -0.366 e. The first kappa shape index (κ1) is 17.5. The number of primary amides is 1. The zero-order valence-corrected chi connectivity index (χ0v) is 14.5. The zero-order valence-electron chi connectivity index (χ0n) is 13.7. The third-order valence-electron chi connectivity index (χ3n) is 3.66. The van der Waals surface area contributed by atoms with Crippen molar-refractivity contribution in [3.8, 4) is 0 Å². The minimum atomic E-state index is -0.555. The molecule has 1 saturated heterocycles. The number of likely N-dealkylation sites (tertiary alicyclic amines) is 1. The fourth-order valence-corrected chi connectivity index (χ4v) is 3.47. The third kappa shape index (κ3) is 4.31. The van der Waals surface area contributed by atoms with Gasteiger partial charge >= 0.3 is 0 Å². The maximum absolute atomic E-state index is 12.7. The van der Waals surface area contributed by atoms with Crippen molar-refractivity contribution in [3.63, 3.8) is 0 Å². The van der Waals surface area contributed by atoms with E-state index in [1.54, 1.807) is 10.3 Å². The smallest absolute Gasteiger partial charge is 0.264 e. The average molecular weight is 337 g/mol. The van der Waals surface area contributed by atoms with Gasteiger partial charge in [-0.1, -0.05) is 0 Å². The molecule has 1 aliphatic rings. The van der Waals surface area contributed by atoms with Gasteiger partial charge in [-0.2, -0.15) is 0 Å². The maximum Gasteiger partial charge on any atom is 0.264 e. The number of nitrogens with zero attached hydrogens (tertiary/aromatic N) is 1. The number of piperidine rings is 1. The second-order valence-corrected chi connectivity index (χ2v) is 7.72. The molecular formula is C16H23N3O3S. The fraction of sp³-hybridized carbons (Fsp3) is 0.562. The topological polar surface area (TPSA) is 92.5 Å². The fourth-order valence-electron chi connectivity index (χ4n) is 2.62. The average Bonchev–Trinajstić information content (AvgIpc) is 2.94. The van der Waals surface area contributed by atoms with Crippen molar-refractivity contribution in [2.45, 2.75) is 51.6 Å². The molecule has 0 radical (unpaired) electrons. The number of rotatable bonds is 3. The number of hydrogen-bond acceptors (Lipinski definition) is 4. The number of hydrogen-bond donors (Lipinski definition) is 2. The minimum absolute atomic E-state index is 0.128. The summed E-state index contributed by atoms with van der Waals surface area (Å²) in [6.07, 6.45) is 2.45. The summed E-state index contributed by atoms with van der Waals surface area (Å²) in [6.45, 7) is 6.29. The monoisotopic (exact) mass is 337 g/mol. The Hall–Kier alpha value is -1.89. The van der Waals surface area contributed by atoms with E-state index in [0.29, 0.717) is 23.4 Å². The SMILES string of the molecule is CC(C)(C)NC(=O)C1CCCCN1C(=O)c1cc(C(N)=O)cs1. The van der Waals surface area contributed by atoms with Crippen LogP contribution in [0.3, 0.4) is 0 Å². The molecule has 1 aromatic heterocycles. The number of thiophene rings is 1. The highest BCUT2D eigenvalue weighted by Gasteiger charge is 2.34. The van der Waals surface area contributed by atoms with Gasteiger partial charge in [0, 0.05) is 17.5 Å². The molecule has 2 rings (SSSR count). The van der Waals surface area contributed by atoms with Crippen LogP contribution in [-0.4, -0.2) is 40.7 Å². The standard InChI is InChI=1S/C16H23N3O3S/c1-16(2,3)18-14(21)11-6-4-5-7-19(11)15(22)12-8-10(9-23-12)13(17)20/h8-9,11H,4-7H2,1-3H3,(H2,17,20)(H,18,21). The first-order valence-electron chi connectivity index (χ1n) is 7.70.